The summed E-state index contributed by atoms with van der Waals surface area (Å²) in [6, 6.07) is 13.6. The maximum Gasteiger partial charge on any atom is 0.266 e. The Morgan fingerprint density at radius 3 is 2.33 bits per heavy atom. The third kappa shape index (κ3) is 4.11. The minimum Gasteiger partial charge on any atom is -0.494 e. The molecule has 1 atom stereocenters. The lowest BCUT2D eigenvalue weighted by atomic mass is 10.2. The fraction of sp³-hybridized carbons (Fsp3) is 0.364. The van der Waals surface area contributed by atoms with Gasteiger partial charge in [-0.2, -0.15) is 4.31 Å². The summed E-state index contributed by atoms with van der Waals surface area (Å²) in [6.07, 6.45) is 0. The maximum absolute atomic E-state index is 13.4. The first-order valence-electron chi connectivity index (χ1n) is 10.1. The van der Waals surface area contributed by atoms with Gasteiger partial charge in [0.25, 0.3) is 5.56 Å². The molecule has 0 aliphatic rings. The first-order chi connectivity index (χ1) is 14.3. The highest BCUT2D eigenvalue weighted by atomic mass is 32.2. The van der Waals surface area contributed by atoms with Crippen molar-refractivity contribution in [1.82, 2.24) is 13.9 Å². The predicted octanol–water partition coefficient (Wildman–Crippen LogP) is 3.52. The van der Waals surface area contributed by atoms with Crippen LogP contribution in [0.25, 0.3) is 16.6 Å². The second kappa shape index (κ2) is 8.97. The molecule has 7 nitrogen and oxygen atoms in total. The average Bonchev–Trinajstić information content (AvgIpc) is 2.75. The van der Waals surface area contributed by atoms with Gasteiger partial charge in [0.2, 0.25) is 10.0 Å². The molecular weight excluding hydrogens is 402 g/mol. The van der Waals surface area contributed by atoms with Crippen LogP contribution in [-0.2, 0) is 10.0 Å². The number of hydrogen-bond donors (Lipinski definition) is 0. The summed E-state index contributed by atoms with van der Waals surface area (Å²) >= 11 is 0. The topological polar surface area (TPSA) is 81.5 Å². The Labute approximate surface area is 177 Å². The van der Waals surface area contributed by atoms with Crippen molar-refractivity contribution in [1.29, 1.82) is 0 Å². The summed E-state index contributed by atoms with van der Waals surface area (Å²) in [4.78, 5) is 18.1. The molecule has 0 saturated carbocycles. The maximum atomic E-state index is 13.4. The van der Waals surface area contributed by atoms with E-state index < -0.39 is 16.1 Å². The largest absolute Gasteiger partial charge is 0.494 e. The molecule has 30 heavy (non-hydrogen) atoms. The number of para-hydroxylation sites is 1. The van der Waals surface area contributed by atoms with E-state index in [0.29, 0.717) is 34.8 Å². The molecule has 0 bridgehead atoms. The minimum atomic E-state index is -3.48. The molecule has 1 aromatic heterocycles. The molecule has 0 amide bonds. The van der Waals surface area contributed by atoms with Gasteiger partial charge in [-0.1, -0.05) is 19.1 Å². The zero-order chi connectivity index (χ0) is 21.9. The molecule has 0 saturated heterocycles. The highest BCUT2D eigenvalue weighted by Crippen LogP contribution is 2.25. The third-order valence-corrected chi connectivity index (χ3v) is 7.07. The SMILES string of the molecule is CCOc1ccc(-n2c(C(C)N(CC)S(=O)(=O)CC)nc3ccccc3c2=O)cc1. The van der Waals surface area contributed by atoms with Crippen molar-refractivity contribution in [2.75, 3.05) is 18.9 Å². The van der Waals surface area contributed by atoms with E-state index in [4.69, 9.17) is 9.72 Å². The number of fused-ring (bicyclic) bond motifs is 1. The van der Waals surface area contributed by atoms with Gasteiger partial charge in [0.05, 0.1) is 35.0 Å². The molecule has 0 radical (unpaired) electrons. The minimum absolute atomic E-state index is 0.0218. The van der Waals surface area contributed by atoms with Crippen LogP contribution in [0, 0.1) is 0 Å². The molecule has 3 rings (SSSR count). The zero-order valence-electron chi connectivity index (χ0n) is 17.7. The molecule has 3 aromatic rings. The second-order valence-corrected chi connectivity index (χ2v) is 9.04. The fourth-order valence-corrected chi connectivity index (χ4v) is 4.84. The van der Waals surface area contributed by atoms with Gasteiger partial charge in [-0.25, -0.2) is 13.4 Å². The Bertz CT molecular complexity index is 1190. The average molecular weight is 430 g/mol. The van der Waals surface area contributed by atoms with Gasteiger partial charge in [-0.3, -0.25) is 9.36 Å². The first kappa shape index (κ1) is 22.0. The van der Waals surface area contributed by atoms with E-state index in [9.17, 15) is 13.2 Å². The van der Waals surface area contributed by atoms with Gasteiger partial charge in [-0.15, -0.1) is 0 Å². The van der Waals surface area contributed by atoms with Crippen molar-refractivity contribution < 1.29 is 13.2 Å². The fourth-order valence-electron chi connectivity index (χ4n) is 3.54. The summed E-state index contributed by atoms with van der Waals surface area (Å²) in [5, 5.41) is 0.476. The first-order valence-corrected chi connectivity index (χ1v) is 11.7. The van der Waals surface area contributed by atoms with E-state index in [1.165, 1.54) is 8.87 Å². The third-order valence-electron chi connectivity index (χ3n) is 5.05. The van der Waals surface area contributed by atoms with Crippen molar-refractivity contribution in [2.24, 2.45) is 0 Å². The predicted molar refractivity (Wildman–Crippen MR) is 119 cm³/mol. The Kier molecular flexibility index (Phi) is 6.58. The van der Waals surface area contributed by atoms with Crippen molar-refractivity contribution >= 4 is 20.9 Å². The van der Waals surface area contributed by atoms with E-state index in [0.717, 1.165) is 0 Å². The second-order valence-electron chi connectivity index (χ2n) is 6.83. The number of hydrogen-bond acceptors (Lipinski definition) is 5. The Hall–Kier alpha value is -2.71. The van der Waals surface area contributed by atoms with Gasteiger partial charge in [0, 0.05) is 6.54 Å². The number of rotatable bonds is 8. The molecule has 0 spiro atoms. The van der Waals surface area contributed by atoms with E-state index in [1.807, 2.05) is 13.0 Å². The van der Waals surface area contributed by atoms with Crippen LogP contribution in [0.2, 0.25) is 0 Å². The van der Waals surface area contributed by atoms with E-state index in [1.54, 1.807) is 63.2 Å². The van der Waals surface area contributed by atoms with E-state index in [2.05, 4.69) is 0 Å². The summed E-state index contributed by atoms with van der Waals surface area (Å²) < 4.78 is 33.7. The van der Waals surface area contributed by atoms with Crippen LogP contribution >= 0.6 is 0 Å². The lowest BCUT2D eigenvalue weighted by Crippen LogP contribution is -2.38. The standard InChI is InChI=1S/C22H27N3O4S/c1-5-24(30(27,28)7-3)16(4)21-23-20-11-9-8-10-19(20)22(26)25(21)17-12-14-18(15-13-17)29-6-2/h8-16H,5-7H2,1-4H3. The molecule has 8 heteroatoms. The summed E-state index contributed by atoms with van der Waals surface area (Å²) in [5.74, 6) is 1.05. The molecule has 0 fully saturated rings. The normalized spacial score (nSPS) is 13.0. The number of ether oxygens (including phenoxy) is 1. The van der Waals surface area contributed by atoms with Gasteiger partial charge >= 0.3 is 0 Å². The zero-order valence-corrected chi connectivity index (χ0v) is 18.5. The van der Waals surface area contributed by atoms with Crippen LogP contribution in [0.3, 0.4) is 0 Å². The van der Waals surface area contributed by atoms with Crippen molar-refractivity contribution in [3.63, 3.8) is 0 Å². The van der Waals surface area contributed by atoms with Crippen LogP contribution in [0.5, 0.6) is 5.75 Å². The van der Waals surface area contributed by atoms with Crippen LogP contribution in [0.15, 0.2) is 53.3 Å². The lowest BCUT2D eigenvalue weighted by molar-refractivity contribution is 0.339. The molecule has 1 heterocycles. The highest BCUT2D eigenvalue weighted by molar-refractivity contribution is 7.89. The number of nitrogens with zero attached hydrogens (tertiary/aromatic N) is 3. The van der Waals surface area contributed by atoms with Crippen LogP contribution in [-0.4, -0.2) is 41.2 Å². The van der Waals surface area contributed by atoms with Gasteiger partial charge in [0.1, 0.15) is 11.6 Å². The van der Waals surface area contributed by atoms with Crippen LogP contribution in [0.4, 0.5) is 0 Å². The number of sulfonamides is 1. The van der Waals surface area contributed by atoms with Crippen molar-refractivity contribution in [2.45, 2.75) is 33.7 Å². The molecule has 1 unspecified atom stereocenters. The smallest absolute Gasteiger partial charge is 0.266 e. The van der Waals surface area contributed by atoms with E-state index in [-0.39, 0.29) is 17.9 Å². The molecule has 160 valence electrons. The summed E-state index contributed by atoms with van der Waals surface area (Å²) in [7, 11) is -3.48. The van der Waals surface area contributed by atoms with Crippen LogP contribution in [0.1, 0.15) is 39.6 Å². The summed E-state index contributed by atoms with van der Waals surface area (Å²) in [5.41, 5.74) is 0.904. The Morgan fingerprint density at radius 1 is 1.07 bits per heavy atom. The molecule has 0 aliphatic carbocycles. The lowest BCUT2D eigenvalue weighted by Gasteiger charge is -2.28. The van der Waals surface area contributed by atoms with Crippen LogP contribution < -0.4 is 10.3 Å². The van der Waals surface area contributed by atoms with Gasteiger partial charge in [0.15, 0.2) is 0 Å². The molecule has 0 N–H and O–H groups in total. The van der Waals surface area contributed by atoms with Gasteiger partial charge in [-0.05, 0) is 57.2 Å². The summed E-state index contributed by atoms with van der Waals surface area (Å²) in [6.45, 7) is 7.88. The highest BCUT2D eigenvalue weighted by Gasteiger charge is 2.29. The number of benzene rings is 2. The quantitative estimate of drug-likeness (QED) is 0.547. The van der Waals surface area contributed by atoms with Gasteiger partial charge < -0.3 is 4.74 Å². The van der Waals surface area contributed by atoms with Crippen molar-refractivity contribution in [3.8, 4) is 11.4 Å². The molecule has 0 aliphatic heterocycles. The van der Waals surface area contributed by atoms with Crippen molar-refractivity contribution in [3.05, 3.63) is 64.7 Å². The van der Waals surface area contributed by atoms with E-state index >= 15 is 0 Å². The Balaban J connectivity index is 2.27. The Morgan fingerprint density at radius 2 is 1.73 bits per heavy atom. The molecular formula is C22H27N3O4S. The monoisotopic (exact) mass is 429 g/mol. The number of aromatic nitrogens is 2. The molecule has 2 aromatic carbocycles.